The summed E-state index contributed by atoms with van der Waals surface area (Å²) in [6.45, 7) is -0.581. The van der Waals surface area contributed by atoms with Gasteiger partial charge in [-0.05, 0) is 6.07 Å². The van der Waals surface area contributed by atoms with Crippen molar-refractivity contribution in [3.05, 3.63) is 29.8 Å². The molecule has 0 atom stereocenters. The van der Waals surface area contributed by atoms with Gasteiger partial charge < -0.3 is 14.8 Å². The molecule has 0 N–H and O–H groups in total. The van der Waals surface area contributed by atoms with Crippen LogP contribution in [0.5, 0.6) is 0 Å². The monoisotopic (exact) mass is 334 g/mol. The van der Waals surface area contributed by atoms with Crippen LogP contribution in [-0.2, 0) is 14.4 Å². The Morgan fingerprint density at radius 2 is 2.09 bits per heavy atom. The van der Waals surface area contributed by atoms with E-state index in [1.807, 2.05) is 0 Å². The molecule has 3 rings (SSSR count). The Morgan fingerprint density at radius 1 is 1.36 bits per heavy atom. The van der Waals surface area contributed by atoms with Crippen LogP contribution in [0, 0.1) is 0 Å². The summed E-state index contributed by atoms with van der Waals surface area (Å²) in [5, 5.41) is 15.9. The van der Waals surface area contributed by atoms with E-state index in [9.17, 15) is 19.5 Å². The number of carboxylic acids is 1. The van der Waals surface area contributed by atoms with Gasteiger partial charge in [0.25, 0.3) is 11.8 Å². The summed E-state index contributed by atoms with van der Waals surface area (Å²) >= 11 is 6.18. The van der Waals surface area contributed by atoms with Gasteiger partial charge in [-0.15, -0.1) is 0 Å². The Labute approximate surface area is 134 Å². The average Bonchev–Trinajstić information content (AvgIpc) is 2.93. The van der Waals surface area contributed by atoms with Crippen LogP contribution in [-0.4, -0.2) is 45.1 Å². The van der Waals surface area contributed by atoms with Crippen LogP contribution in [0.1, 0.15) is 5.56 Å². The normalized spacial score (nSPS) is 19.3. The molecule has 2 aliphatic rings. The van der Waals surface area contributed by atoms with Gasteiger partial charge in [-0.25, -0.2) is 0 Å². The number of carboxylic acid groups (broad SMARTS) is 1. The van der Waals surface area contributed by atoms with Gasteiger partial charge in [-0.3, -0.25) is 9.59 Å². The van der Waals surface area contributed by atoms with Gasteiger partial charge in [-0.2, -0.15) is 10.1 Å². The summed E-state index contributed by atoms with van der Waals surface area (Å²) in [6, 6.07) is 6.62. The quantitative estimate of drug-likeness (QED) is 0.682. The molecule has 1 fully saturated rings. The van der Waals surface area contributed by atoms with Gasteiger partial charge in [0.1, 0.15) is 0 Å². The number of anilines is 1. The zero-order valence-corrected chi connectivity index (χ0v) is 12.6. The van der Waals surface area contributed by atoms with E-state index < -0.39 is 18.4 Å². The maximum absolute atomic E-state index is 12.4. The van der Waals surface area contributed by atoms with Crippen molar-refractivity contribution in [2.24, 2.45) is 5.10 Å². The van der Waals surface area contributed by atoms with Crippen molar-refractivity contribution in [2.75, 3.05) is 17.2 Å². The molecule has 22 heavy (non-hydrogen) atoms. The van der Waals surface area contributed by atoms with Crippen molar-refractivity contribution in [1.29, 1.82) is 0 Å². The first-order chi connectivity index (χ1) is 10.5. The third kappa shape index (κ3) is 2.38. The van der Waals surface area contributed by atoms with Crippen LogP contribution in [0.4, 0.5) is 5.69 Å². The number of thiocarbonyl (C=S) groups is 1. The molecule has 0 saturated carbocycles. The second kappa shape index (κ2) is 5.50. The summed E-state index contributed by atoms with van der Waals surface area (Å²) in [7, 11) is 0. The molecule has 0 spiro atoms. The number of hydrazone groups is 1. The van der Waals surface area contributed by atoms with E-state index in [2.05, 4.69) is 5.10 Å². The minimum absolute atomic E-state index is 0.00458. The summed E-state index contributed by atoms with van der Waals surface area (Å²) < 4.78 is 0.265. The van der Waals surface area contributed by atoms with Crippen LogP contribution in [0.15, 0.2) is 29.4 Å². The maximum Gasteiger partial charge on any atom is 0.279 e. The largest absolute Gasteiger partial charge is 0.548 e. The van der Waals surface area contributed by atoms with Gasteiger partial charge in [0.2, 0.25) is 0 Å². The standard InChI is InChI=1S/C13H9N3O4S2/c17-9-6-22-13(21)16(9)14-11-7-3-1-2-4-8(7)15(12(11)20)5-10(18)19/h1-4H,5-6H2,(H,18,19)/p-1/b14-11+. The van der Waals surface area contributed by atoms with E-state index in [1.54, 1.807) is 24.3 Å². The van der Waals surface area contributed by atoms with E-state index in [1.165, 1.54) is 0 Å². The summed E-state index contributed by atoms with van der Waals surface area (Å²) in [5.74, 6) is -2.12. The molecule has 0 unspecified atom stereocenters. The van der Waals surface area contributed by atoms with Gasteiger partial charge in [0.15, 0.2) is 10.0 Å². The predicted molar refractivity (Wildman–Crippen MR) is 82.2 cm³/mol. The van der Waals surface area contributed by atoms with Crippen LogP contribution in [0.3, 0.4) is 0 Å². The second-order valence-electron chi connectivity index (χ2n) is 4.49. The number of thioether (sulfide) groups is 1. The number of rotatable bonds is 3. The molecule has 2 amide bonds. The molecule has 2 aliphatic heterocycles. The SMILES string of the molecule is O=C([O-])CN1C(=O)/C(=N/N2C(=O)CSC2=S)c2ccccc21. The maximum atomic E-state index is 12.4. The first-order valence-electron chi connectivity index (χ1n) is 6.18. The second-order valence-corrected chi connectivity index (χ2v) is 6.10. The highest BCUT2D eigenvalue weighted by molar-refractivity contribution is 8.23. The van der Waals surface area contributed by atoms with Crippen molar-refractivity contribution >= 4 is 57.5 Å². The number of hydrogen-bond acceptors (Lipinski definition) is 7. The number of aliphatic carboxylic acids is 1. The number of carbonyl (C=O) groups excluding carboxylic acids is 3. The molecular formula is C13H8N3O4S2-. The summed E-state index contributed by atoms with van der Waals surface area (Å²) in [6.07, 6.45) is 0. The Kier molecular flexibility index (Phi) is 3.67. The van der Waals surface area contributed by atoms with Gasteiger partial charge in [0, 0.05) is 5.56 Å². The van der Waals surface area contributed by atoms with Crippen LogP contribution >= 0.6 is 24.0 Å². The lowest BCUT2D eigenvalue weighted by Gasteiger charge is -2.17. The fraction of sp³-hybridized carbons (Fsp3) is 0.154. The van der Waals surface area contributed by atoms with Crippen LogP contribution in [0.2, 0.25) is 0 Å². The van der Waals surface area contributed by atoms with E-state index in [0.717, 1.165) is 21.7 Å². The smallest absolute Gasteiger partial charge is 0.279 e. The van der Waals surface area contributed by atoms with Crippen molar-refractivity contribution in [3.63, 3.8) is 0 Å². The topological polar surface area (TPSA) is 93.1 Å². The predicted octanol–water partition coefficient (Wildman–Crippen LogP) is -0.652. The molecule has 0 aliphatic carbocycles. The molecular weight excluding hydrogens is 326 g/mol. The minimum atomic E-state index is -1.38. The summed E-state index contributed by atoms with van der Waals surface area (Å²) in [4.78, 5) is 36.0. The number of amides is 2. The summed E-state index contributed by atoms with van der Waals surface area (Å²) in [5.41, 5.74) is 0.872. The lowest BCUT2D eigenvalue weighted by Crippen LogP contribution is -2.41. The molecule has 2 heterocycles. The van der Waals surface area contributed by atoms with E-state index in [0.29, 0.717) is 11.3 Å². The average molecular weight is 334 g/mol. The number of carbonyl (C=O) groups is 3. The molecule has 1 saturated heterocycles. The molecule has 1 aromatic rings. The molecule has 0 radical (unpaired) electrons. The Balaban J connectivity index is 2.05. The zero-order valence-electron chi connectivity index (χ0n) is 11.0. The van der Waals surface area contributed by atoms with E-state index >= 15 is 0 Å². The Bertz CT molecular complexity index is 731. The van der Waals surface area contributed by atoms with E-state index in [4.69, 9.17) is 12.2 Å². The fourth-order valence-corrected chi connectivity index (χ4v) is 3.14. The van der Waals surface area contributed by atoms with E-state index in [-0.39, 0.29) is 21.7 Å². The van der Waals surface area contributed by atoms with Crippen molar-refractivity contribution in [3.8, 4) is 0 Å². The molecule has 0 bridgehead atoms. The van der Waals surface area contributed by atoms with Crippen LogP contribution in [0.25, 0.3) is 0 Å². The Morgan fingerprint density at radius 3 is 2.73 bits per heavy atom. The highest BCUT2D eigenvalue weighted by Crippen LogP contribution is 2.30. The number of nitrogens with zero attached hydrogens (tertiary/aromatic N) is 3. The zero-order chi connectivity index (χ0) is 15.9. The lowest BCUT2D eigenvalue weighted by atomic mass is 10.1. The van der Waals surface area contributed by atoms with Gasteiger partial charge in [-0.1, -0.05) is 42.2 Å². The number of para-hydroxylation sites is 1. The van der Waals surface area contributed by atoms with Crippen molar-refractivity contribution in [2.45, 2.75) is 0 Å². The molecule has 0 aromatic heterocycles. The third-order valence-electron chi connectivity index (χ3n) is 3.11. The molecule has 9 heteroatoms. The number of hydrogen-bond donors (Lipinski definition) is 0. The minimum Gasteiger partial charge on any atom is -0.548 e. The van der Waals surface area contributed by atoms with Crippen molar-refractivity contribution < 1.29 is 19.5 Å². The number of fused-ring (bicyclic) bond motifs is 1. The number of benzene rings is 1. The highest BCUT2D eigenvalue weighted by atomic mass is 32.2. The first kappa shape index (κ1) is 14.7. The van der Waals surface area contributed by atoms with Gasteiger partial charge >= 0.3 is 0 Å². The molecule has 1 aromatic carbocycles. The fourth-order valence-electron chi connectivity index (χ4n) is 2.19. The Hall–Kier alpha value is -2.26. The molecule has 7 nitrogen and oxygen atoms in total. The van der Waals surface area contributed by atoms with Crippen molar-refractivity contribution in [1.82, 2.24) is 5.01 Å². The first-order valence-corrected chi connectivity index (χ1v) is 7.58. The highest BCUT2D eigenvalue weighted by Gasteiger charge is 2.36. The lowest BCUT2D eigenvalue weighted by molar-refractivity contribution is -0.303. The van der Waals surface area contributed by atoms with Gasteiger partial charge in [0.05, 0.1) is 24.0 Å². The molecule has 112 valence electrons. The third-order valence-corrected chi connectivity index (χ3v) is 4.45. The van der Waals surface area contributed by atoms with Crippen LogP contribution < -0.4 is 10.0 Å².